The van der Waals surface area contributed by atoms with Gasteiger partial charge in [-0.25, -0.2) is 0 Å². The lowest BCUT2D eigenvalue weighted by Gasteiger charge is -2.35. The summed E-state index contributed by atoms with van der Waals surface area (Å²) in [5, 5.41) is 3.71. The van der Waals surface area contributed by atoms with Crippen LogP contribution >= 0.6 is 35.0 Å². The maximum atomic E-state index is 12.3. The van der Waals surface area contributed by atoms with E-state index in [4.69, 9.17) is 23.2 Å². The normalized spacial score (nSPS) is 16.7. The Bertz CT molecular complexity index is 793. The van der Waals surface area contributed by atoms with Crippen LogP contribution in [0.5, 0.6) is 0 Å². The molecule has 1 N–H and O–H groups in total. The van der Waals surface area contributed by atoms with Crippen molar-refractivity contribution in [1.82, 2.24) is 0 Å². The first kappa shape index (κ1) is 22.8. The molecule has 1 aliphatic rings. The van der Waals surface area contributed by atoms with Crippen LogP contribution in [0.1, 0.15) is 22.3 Å². The predicted molar refractivity (Wildman–Crippen MR) is 112 cm³/mol. The van der Waals surface area contributed by atoms with E-state index in [1.54, 1.807) is 18.2 Å². The molecule has 1 amide bonds. The summed E-state index contributed by atoms with van der Waals surface area (Å²) >= 11 is 13.9. The van der Waals surface area contributed by atoms with Crippen molar-refractivity contribution in [3.8, 4) is 0 Å². The van der Waals surface area contributed by atoms with E-state index in [1.165, 1.54) is 23.5 Å². The zero-order chi connectivity index (χ0) is 18.7. The maximum absolute atomic E-state index is 12.3. The fourth-order valence-electron chi connectivity index (χ4n) is 3.21. The highest BCUT2D eigenvalue weighted by Gasteiger charge is 2.31. The van der Waals surface area contributed by atoms with Gasteiger partial charge in [-0.2, -0.15) is 11.8 Å². The molecule has 1 heterocycles. The molecule has 1 saturated heterocycles. The Labute approximate surface area is 192 Å². The van der Waals surface area contributed by atoms with Crippen molar-refractivity contribution in [3.63, 3.8) is 0 Å². The van der Waals surface area contributed by atoms with E-state index in [1.807, 2.05) is 23.9 Å². The summed E-state index contributed by atoms with van der Waals surface area (Å²) in [6.07, 6.45) is 1.29. The molecule has 0 aromatic heterocycles. The summed E-state index contributed by atoms with van der Waals surface area (Å²) < 4.78 is 1.00. The quantitative estimate of drug-likeness (QED) is 0.469. The van der Waals surface area contributed by atoms with E-state index in [9.17, 15) is 4.79 Å². The predicted octanol–water partition coefficient (Wildman–Crippen LogP) is 2.33. The van der Waals surface area contributed by atoms with E-state index in [-0.39, 0.29) is 29.9 Å². The first-order valence-corrected chi connectivity index (χ1v) is 10.5. The standard InChI is InChI=1S/C20H22Cl2N2OS.HI/c1-24(2,17-9-10-26-13-17)12-14-3-6-16(7-4-14)23-20(25)15-5-8-18(21)19(22)11-15;/h3-8,11,17H,9-10,12-13H2,1-2H3;1H. The number of carbonyl (C=O) groups excluding carboxylic acids is 1. The zero-order valence-corrected chi connectivity index (χ0v) is 19.8. The molecule has 0 spiro atoms. The number of thioether (sulfide) groups is 1. The topological polar surface area (TPSA) is 29.1 Å². The highest BCUT2D eigenvalue weighted by molar-refractivity contribution is 7.99. The van der Waals surface area contributed by atoms with Gasteiger partial charge in [0.15, 0.2) is 0 Å². The minimum absolute atomic E-state index is 0. The number of nitrogens with one attached hydrogen (secondary N) is 1. The second-order valence-corrected chi connectivity index (χ2v) is 9.20. The van der Waals surface area contributed by atoms with Gasteiger partial charge in [-0.05, 0) is 36.1 Å². The first-order chi connectivity index (χ1) is 12.3. The number of quaternary nitrogens is 1. The van der Waals surface area contributed by atoms with E-state index < -0.39 is 0 Å². The number of benzene rings is 2. The molecule has 1 atom stereocenters. The third-order valence-electron chi connectivity index (χ3n) is 4.88. The Morgan fingerprint density at radius 2 is 1.85 bits per heavy atom. The van der Waals surface area contributed by atoms with Crippen molar-refractivity contribution in [2.24, 2.45) is 0 Å². The second kappa shape index (κ2) is 9.83. The zero-order valence-electron chi connectivity index (χ0n) is 15.3. The Balaban J connectivity index is 0.00000261. The van der Waals surface area contributed by atoms with Gasteiger partial charge in [-0.3, -0.25) is 4.79 Å². The number of anilines is 1. The lowest BCUT2D eigenvalue weighted by Crippen LogP contribution is -3.00. The van der Waals surface area contributed by atoms with Gasteiger partial charge < -0.3 is 33.8 Å². The molecule has 27 heavy (non-hydrogen) atoms. The van der Waals surface area contributed by atoms with Crippen LogP contribution in [0.15, 0.2) is 42.5 Å². The largest absolute Gasteiger partial charge is 1.00 e. The molecule has 0 radical (unpaired) electrons. The molecule has 0 saturated carbocycles. The molecule has 7 heteroatoms. The van der Waals surface area contributed by atoms with Gasteiger partial charge in [0.25, 0.3) is 5.91 Å². The Morgan fingerprint density at radius 1 is 1.15 bits per heavy atom. The van der Waals surface area contributed by atoms with Crippen LogP contribution in [0.4, 0.5) is 5.69 Å². The maximum Gasteiger partial charge on any atom is 0.255 e. The molecule has 0 bridgehead atoms. The molecular formula is C20H23Cl2IN2OS. The molecule has 1 fully saturated rings. The fraction of sp³-hybridized carbons (Fsp3) is 0.350. The van der Waals surface area contributed by atoms with E-state index in [2.05, 4.69) is 31.5 Å². The Morgan fingerprint density at radius 3 is 2.44 bits per heavy atom. The number of nitrogens with zero attached hydrogens (tertiary/aromatic N) is 1. The molecule has 1 aliphatic heterocycles. The van der Waals surface area contributed by atoms with Crippen LogP contribution in [-0.4, -0.2) is 42.0 Å². The SMILES string of the molecule is C[N+](C)(Cc1ccc(NC(=O)c2ccc(Cl)c(Cl)c2)cc1)C1CCSC1.[I-]. The van der Waals surface area contributed by atoms with Crippen LogP contribution in [-0.2, 0) is 6.54 Å². The van der Waals surface area contributed by atoms with Gasteiger partial charge in [0.1, 0.15) is 6.54 Å². The molecule has 146 valence electrons. The van der Waals surface area contributed by atoms with Crippen molar-refractivity contribution >= 4 is 46.6 Å². The Hall–Kier alpha value is -0.470. The van der Waals surface area contributed by atoms with E-state index in [0.717, 1.165) is 16.7 Å². The van der Waals surface area contributed by atoms with Crippen molar-refractivity contribution in [2.75, 3.05) is 30.9 Å². The van der Waals surface area contributed by atoms with Gasteiger partial charge >= 0.3 is 0 Å². The molecular weight excluding hydrogens is 514 g/mol. The first-order valence-electron chi connectivity index (χ1n) is 8.61. The summed E-state index contributed by atoms with van der Waals surface area (Å²) in [5.41, 5.74) is 2.53. The van der Waals surface area contributed by atoms with Crippen LogP contribution < -0.4 is 29.3 Å². The number of amides is 1. The van der Waals surface area contributed by atoms with Gasteiger partial charge in [-0.1, -0.05) is 35.3 Å². The van der Waals surface area contributed by atoms with Gasteiger partial charge in [0.05, 0.1) is 30.2 Å². The lowest BCUT2D eigenvalue weighted by atomic mass is 10.1. The average Bonchev–Trinajstić information content (AvgIpc) is 3.14. The molecule has 3 nitrogen and oxygen atoms in total. The Kier molecular flexibility index (Phi) is 8.31. The van der Waals surface area contributed by atoms with Crippen molar-refractivity contribution in [1.29, 1.82) is 0 Å². The third kappa shape index (κ3) is 6.00. The number of hydrogen-bond acceptors (Lipinski definition) is 2. The van der Waals surface area contributed by atoms with Crippen molar-refractivity contribution < 1.29 is 33.3 Å². The summed E-state index contributed by atoms with van der Waals surface area (Å²) in [6.45, 7) is 0.992. The van der Waals surface area contributed by atoms with Gasteiger partial charge in [0, 0.05) is 29.0 Å². The summed E-state index contributed by atoms with van der Waals surface area (Å²) in [6, 6.07) is 13.7. The van der Waals surface area contributed by atoms with E-state index in [0.29, 0.717) is 21.7 Å². The smallest absolute Gasteiger partial charge is 0.255 e. The molecule has 3 rings (SSSR count). The number of rotatable bonds is 5. The number of halogens is 3. The van der Waals surface area contributed by atoms with Crippen LogP contribution in [0, 0.1) is 0 Å². The highest BCUT2D eigenvalue weighted by atomic mass is 127. The molecule has 1 unspecified atom stereocenters. The minimum atomic E-state index is -0.199. The summed E-state index contributed by atoms with van der Waals surface area (Å²) in [7, 11) is 4.60. The second-order valence-electron chi connectivity index (χ2n) is 7.23. The van der Waals surface area contributed by atoms with Crippen LogP contribution in [0.3, 0.4) is 0 Å². The highest BCUT2D eigenvalue weighted by Crippen LogP contribution is 2.28. The number of carbonyl (C=O) groups is 1. The van der Waals surface area contributed by atoms with Crippen molar-refractivity contribution in [3.05, 3.63) is 63.6 Å². The monoisotopic (exact) mass is 536 g/mol. The fourth-order valence-corrected chi connectivity index (χ4v) is 4.95. The number of hydrogen-bond donors (Lipinski definition) is 1. The lowest BCUT2D eigenvalue weighted by molar-refractivity contribution is -0.924. The molecule has 0 aliphatic carbocycles. The third-order valence-corrected chi connectivity index (χ3v) is 6.76. The average molecular weight is 537 g/mol. The minimum Gasteiger partial charge on any atom is -1.00 e. The van der Waals surface area contributed by atoms with Crippen LogP contribution in [0.2, 0.25) is 10.0 Å². The summed E-state index contributed by atoms with van der Waals surface area (Å²) in [5.74, 6) is 2.31. The van der Waals surface area contributed by atoms with Gasteiger partial charge in [-0.15, -0.1) is 0 Å². The molecule has 2 aromatic carbocycles. The summed E-state index contributed by atoms with van der Waals surface area (Å²) in [4.78, 5) is 12.3. The van der Waals surface area contributed by atoms with Crippen LogP contribution in [0.25, 0.3) is 0 Å². The van der Waals surface area contributed by atoms with E-state index >= 15 is 0 Å². The van der Waals surface area contributed by atoms with Gasteiger partial charge in [0.2, 0.25) is 0 Å². The molecule has 2 aromatic rings. The van der Waals surface area contributed by atoms with Crippen molar-refractivity contribution in [2.45, 2.75) is 19.0 Å².